The normalized spacial score (nSPS) is 15.9. The molecule has 28 heavy (non-hydrogen) atoms. The minimum absolute atomic E-state index is 0.224. The van der Waals surface area contributed by atoms with Gasteiger partial charge in [0.25, 0.3) is 11.5 Å². The first-order chi connectivity index (χ1) is 13.3. The standard InChI is InChI=1S/C20H22N4O2S2/c1-5-8-23-19(26)15(28-20(23)27)9-14-17(21-10-12(2)3)22-16-7-6-13(4)11-24(16)18(14)25/h5-7,9,11-12,21H,1,8,10H2,2-4H3. The highest BCUT2D eigenvalue weighted by atomic mass is 32.2. The number of carbonyl (C=O) groups excluding carboxylic acids is 1. The SMILES string of the molecule is C=CCN1C(=O)C(=Cc2c(NCC(C)C)nc3ccc(C)cn3c2=O)SC1=S. The monoisotopic (exact) mass is 414 g/mol. The van der Waals surface area contributed by atoms with E-state index >= 15 is 0 Å². The molecule has 146 valence electrons. The molecule has 0 radical (unpaired) electrons. The molecule has 0 atom stereocenters. The maximum Gasteiger partial charge on any atom is 0.267 e. The Hall–Kier alpha value is -2.45. The second-order valence-corrected chi connectivity index (χ2v) is 8.65. The Bertz CT molecular complexity index is 1060. The fraction of sp³-hybridized carbons (Fsp3) is 0.300. The van der Waals surface area contributed by atoms with Gasteiger partial charge in [0.2, 0.25) is 0 Å². The molecule has 3 rings (SSSR count). The lowest BCUT2D eigenvalue weighted by Gasteiger charge is -2.13. The zero-order valence-corrected chi connectivity index (χ0v) is 17.7. The summed E-state index contributed by atoms with van der Waals surface area (Å²) in [4.78, 5) is 32.3. The summed E-state index contributed by atoms with van der Waals surface area (Å²) in [6, 6.07) is 3.72. The lowest BCUT2D eigenvalue weighted by atomic mass is 10.2. The van der Waals surface area contributed by atoms with Crippen molar-refractivity contribution in [2.24, 2.45) is 5.92 Å². The first-order valence-corrected chi connectivity index (χ1v) is 10.2. The van der Waals surface area contributed by atoms with E-state index in [0.29, 0.717) is 45.3 Å². The Morgan fingerprint density at radius 3 is 2.79 bits per heavy atom. The van der Waals surface area contributed by atoms with Gasteiger partial charge in [-0.2, -0.15) is 0 Å². The number of rotatable bonds is 6. The number of fused-ring (bicyclic) bond motifs is 1. The molecule has 0 bridgehead atoms. The van der Waals surface area contributed by atoms with Crippen LogP contribution in [0.4, 0.5) is 5.82 Å². The molecular formula is C20H22N4O2S2. The van der Waals surface area contributed by atoms with Crippen molar-refractivity contribution in [1.82, 2.24) is 14.3 Å². The number of thioether (sulfide) groups is 1. The van der Waals surface area contributed by atoms with Gasteiger partial charge in [-0.25, -0.2) is 4.98 Å². The third kappa shape index (κ3) is 4.02. The van der Waals surface area contributed by atoms with E-state index in [1.165, 1.54) is 21.1 Å². The van der Waals surface area contributed by atoms with Gasteiger partial charge in [0, 0.05) is 19.3 Å². The highest BCUT2D eigenvalue weighted by Gasteiger charge is 2.31. The Kier molecular flexibility index (Phi) is 6.00. The minimum Gasteiger partial charge on any atom is -0.369 e. The Balaban J connectivity index is 2.15. The predicted molar refractivity (Wildman–Crippen MR) is 120 cm³/mol. The largest absolute Gasteiger partial charge is 0.369 e. The van der Waals surface area contributed by atoms with Crippen molar-refractivity contribution in [1.29, 1.82) is 0 Å². The fourth-order valence-corrected chi connectivity index (χ4v) is 4.00. The van der Waals surface area contributed by atoms with Crippen LogP contribution in [-0.2, 0) is 4.79 Å². The van der Waals surface area contributed by atoms with Crippen LogP contribution in [0.25, 0.3) is 11.7 Å². The maximum atomic E-state index is 13.2. The quantitative estimate of drug-likeness (QED) is 0.444. The summed E-state index contributed by atoms with van der Waals surface area (Å²) in [6.45, 7) is 10.7. The number of carbonyl (C=O) groups is 1. The molecular weight excluding hydrogens is 392 g/mol. The highest BCUT2D eigenvalue weighted by molar-refractivity contribution is 8.26. The Morgan fingerprint density at radius 2 is 2.11 bits per heavy atom. The van der Waals surface area contributed by atoms with E-state index in [4.69, 9.17) is 12.2 Å². The predicted octanol–water partition coefficient (Wildman–Crippen LogP) is 3.46. The third-order valence-corrected chi connectivity index (χ3v) is 5.52. The van der Waals surface area contributed by atoms with Crippen molar-refractivity contribution < 1.29 is 4.79 Å². The van der Waals surface area contributed by atoms with E-state index in [1.807, 2.05) is 19.1 Å². The molecule has 1 aliphatic heterocycles. The number of nitrogens with one attached hydrogen (secondary N) is 1. The topological polar surface area (TPSA) is 66.7 Å². The molecule has 8 heteroatoms. The molecule has 1 amide bonds. The van der Waals surface area contributed by atoms with Gasteiger partial charge in [0.15, 0.2) is 0 Å². The summed E-state index contributed by atoms with van der Waals surface area (Å²) in [5, 5.41) is 3.24. The summed E-state index contributed by atoms with van der Waals surface area (Å²) < 4.78 is 1.96. The Morgan fingerprint density at radius 1 is 1.36 bits per heavy atom. The van der Waals surface area contributed by atoms with Gasteiger partial charge in [-0.05, 0) is 30.5 Å². The van der Waals surface area contributed by atoms with E-state index in [-0.39, 0.29) is 11.5 Å². The molecule has 1 saturated heterocycles. The molecule has 0 spiro atoms. The first-order valence-electron chi connectivity index (χ1n) is 8.95. The van der Waals surface area contributed by atoms with E-state index in [9.17, 15) is 9.59 Å². The molecule has 0 unspecified atom stereocenters. The molecule has 1 fully saturated rings. The summed E-state index contributed by atoms with van der Waals surface area (Å²) in [5.41, 5.74) is 1.62. The number of pyridine rings is 1. The molecule has 2 aromatic rings. The molecule has 0 aliphatic carbocycles. The summed E-state index contributed by atoms with van der Waals surface area (Å²) >= 11 is 6.47. The average Bonchev–Trinajstić information content (AvgIpc) is 2.91. The number of anilines is 1. The van der Waals surface area contributed by atoms with Crippen LogP contribution in [0.3, 0.4) is 0 Å². The van der Waals surface area contributed by atoms with Gasteiger partial charge >= 0.3 is 0 Å². The summed E-state index contributed by atoms with van der Waals surface area (Å²) in [7, 11) is 0. The van der Waals surface area contributed by atoms with Crippen molar-refractivity contribution in [3.8, 4) is 0 Å². The van der Waals surface area contributed by atoms with E-state index in [0.717, 1.165) is 5.56 Å². The van der Waals surface area contributed by atoms with Gasteiger partial charge in [-0.1, -0.05) is 50.0 Å². The van der Waals surface area contributed by atoms with Crippen LogP contribution < -0.4 is 10.9 Å². The minimum atomic E-state index is -0.228. The van der Waals surface area contributed by atoms with Gasteiger partial charge < -0.3 is 5.32 Å². The van der Waals surface area contributed by atoms with Crippen molar-refractivity contribution >= 4 is 51.7 Å². The van der Waals surface area contributed by atoms with E-state index < -0.39 is 0 Å². The molecule has 1 N–H and O–H groups in total. The second kappa shape index (κ2) is 8.28. The van der Waals surface area contributed by atoms with Crippen molar-refractivity contribution in [2.45, 2.75) is 20.8 Å². The number of nitrogens with zero attached hydrogens (tertiary/aromatic N) is 3. The third-order valence-electron chi connectivity index (χ3n) is 4.14. The van der Waals surface area contributed by atoms with Crippen LogP contribution in [0.15, 0.2) is 40.7 Å². The smallest absolute Gasteiger partial charge is 0.267 e. The first kappa shape index (κ1) is 20.3. The zero-order valence-electron chi connectivity index (χ0n) is 16.1. The fourth-order valence-electron chi connectivity index (χ4n) is 2.74. The lowest BCUT2D eigenvalue weighted by Crippen LogP contribution is -2.28. The Labute approximate surface area is 173 Å². The van der Waals surface area contributed by atoms with Crippen molar-refractivity contribution in [2.75, 3.05) is 18.4 Å². The van der Waals surface area contributed by atoms with Crippen LogP contribution in [-0.4, -0.2) is 37.6 Å². The van der Waals surface area contributed by atoms with Crippen LogP contribution in [0.2, 0.25) is 0 Å². The number of amides is 1. The van der Waals surface area contributed by atoms with Crippen LogP contribution in [0.1, 0.15) is 25.0 Å². The van der Waals surface area contributed by atoms with Crippen molar-refractivity contribution in [3.05, 3.63) is 57.4 Å². The number of hydrogen-bond acceptors (Lipinski definition) is 6. The number of hydrogen-bond donors (Lipinski definition) is 1. The summed E-state index contributed by atoms with van der Waals surface area (Å²) in [6.07, 6.45) is 4.96. The molecule has 0 saturated carbocycles. The maximum absolute atomic E-state index is 13.2. The lowest BCUT2D eigenvalue weighted by molar-refractivity contribution is -0.121. The average molecular weight is 415 g/mol. The van der Waals surface area contributed by atoms with Gasteiger partial charge in [0.1, 0.15) is 15.8 Å². The second-order valence-electron chi connectivity index (χ2n) is 6.97. The number of aryl methyl sites for hydroxylation is 1. The van der Waals surface area contributed by atoms with Gasteiger partial charge in [-0.3, -0.25) is 18.9 Å². The number of thiocarbonyl (C=S) groups is 1. The zero-order chi connectivity index (χ0) is 20.4. The molecule has 2 aromatic heterocycles. The van der Waals surface area contributed by atoms with Crippen LogP contribution >= 0.6 is 24.0 Å². The molecule has 1 aliphatic rings. The van der Waals surface area contributed by atoms with Gasteiger partial charge in [-0.15, -0.1) is 6.58 Å². The molecule has 3 heterocycles. The number of aromatic nitrogens is 2. The van der Waals surface area contributed by atoms with Gasteiger partial charge in [0.05, 0.1) is 10.5 Å². The highest BCUT2D eigenvalue weighted by Crippen LogP contribution is 2.32. The van der Waals surface area contributed by atoms with E-state index in [1.54, 1.807) is 18.3 Å². The van der Waals surface area contributed by atoms with E-state index in [2.05, 4.69) is 30.7 Å². The molecule has 0 aromatic carbocycles. The van der Waals surface area contributed by atoms with Crippen LogP contribution in [0.5, 0.6) is 0 Å². The molecule has 6 nitrogen and oxygen atoms in total. The van der Waals surface area contributed by atoms with Crippen LogP contribution in [0, 0.1) is 12.8 Å². The van der Waals surface area contributed by atoms with Crippen molar-refractivity contribution in [3.63, 3.8) is 0 Å². The summed E-state index contributed by atoms with van der Waals surface area (Å²) in [5.74, 6) is 0.618.